The number of carbonyl (C=O) groups excluding carboxylic acids is 2. The highest BCUT2D eigenvalue weighted by molar-refractivity contribution is 5.96. The average molecular weight is 371 g/mol. The largest absolute Gasteiger partial charge is 0.345 e. The van der Waals surface area contributed by atoms with Crippen molar-refractivity contribution in [2.75, 3.05) is 19.6 Å². The first-order chi connectivity index (χ1) is 13.0. The maximum atomic E-state index is 12.4. The van der Waals surface area contributed by atoms with Crippen LogP contribution in [0.5, 0.6) is 0 Å². The molecule has 144 valence electrons. The standard InChI is InChI=1S/C19H25N5O3/c1-3-24-17(21-22(2)19(24)27)14-9-11-23(12-10-14)16(25)13-20-18(26)15-7-5-4-6-8-15/h4-8,14H,3,9-13H2,1-2H3,(H,20,26). The number of aryl methyl sites for hydroxylation is 1. The Kier molecular flexibility index (Phi) is 5.73. The van der Waals surface area contributed by atoms with Gasteiger partial charge in [0.25, 0.3) is 5.91 Å². The zero-order valence-corrected chi connectivity index (χ0v) is 15.7. The van der Waals surface area contributed by atoms with Gasteiger partial charge in [0.15, 0.2) is 0 Å². The fourth-order valence-electron chi connectivity index (χ4n) is 3.47. The molecular weight excluding hydrogens is 346 g/mol. The molecule has 1 saturated heterocycles. The second-order valence-corrected chi connectivity index (χ2v) is 6.71. The van der Waals surface area contributed by atoms with Gasteiger partial charge in [0.2, 0.25) is 5.91 Å². The molecule has 0 radical (unpaired) electrons. The molecule has 8 nitrogen and oxygen atoms in total. The van der Waals surface area contributed by atoms with E-state index in [1.54, 1.807) is 40.8 Å². The van der Waals surface area contributed by atoms with Gasteiger partial charge in [-0.1, -0.05) is 18.2 Å². The Bertz CT molecular complexity index is 863. The Hall–Kier alpha value is -2.90. The predicted molar refractivity (Wildman–Crippen MR) is 100 cm³/mol. The smallest absolute Gasteiger partial charge is 0.343 e. The van der Waals surface area contributed by atoms with Crippen molar-refractivity contribution in [3.8, 4) is 0 Å². The van der Waals surface area contributed by atoms with Crippen LogP contribution in [-0.4, -0.2) is 50.7 Å². The van der Waals surface area contributed by atoms with Crippen molar-refractivity contribution < 1.29 is 9.59 Å². The Morgan fingerprint density at radius 2 is 1.85 bits per heavy atom. The highest BCUT2D eigenvalue weighted by Gasteiger charge is 2.28. The lowest BCUT2D eigenvalue weighted by Crippen LogP contribution is -2.44. The number of amides is 2. The van der Waals surface area contributed by atoms with E-state index in [2.05, 4.69) is 10.4 Å². The summed E-state index contributed by atoms with van der Waals surface area (Å²) in [4.78, 5) is 38.3. The number of nitrogens with zero attached hydrogens (tertiary/aromatic N) is 4. The molecular formula is C19H25N5O3. The lowest BCUT2D eigenvalue weighted by molar-refractivity contribution is -0.131. The minimum absolute atomic E-state index is 0.0123. The molecule has 0 bridgehead atoms. The highest BCUT2D eigenvalue weighted by atomic mass is 16.2. The number of likely N-dealkylation sites (tertiary alicyclic amines) is 1. The maximum absolute atomic E-state index is 12.4. The number of aromatic nitrogens is 3. The average Bonchev–Trinajstić information content (AvgIpc) is 3.00. The van der Waals surface area contributed by atoms with Crippen LogP contribution in [0.1, 0.15) is 41.9 Å². The number of piperidine rings is 1. The van der Waals surface area contributed by atoms with Gasteiger partial charge in [-0.05, 0) is 31.9 Å². The number of hydrogen-bond donors (Lipinski definition) is 1. The van der Waals surface area contributed by atoms with Crippen LogP contribution in [0.4, 0.5) is 0 Å². The number of nitrogens with one attached hydrogen (secondary N) is 1. The van der Waals surface area contributed by atoms with E-state index in [-0.39, 0.29) is 30.0 Å². The number of rotatable bonds is 5. The second-order valence-electron chi connectivity index (χ2n) is 6.71. The monoisotopic (exact) mass is 371 g/mol. The summed E-state index contributed by atoms with van der Waals surface area (Å²) >= 11 is 0. The molecule has 0 atom stereocenters. The molecule has 2 heterocycles. The van der Waals surface area contributed by atoms with Crippen LogP contribution in [0.15, 0.2) is 35.1 Å². The number of hydrogen-bond acceptors (Lipinski definition) is 4. The van der Waals surface area contributed by atoms with Gasteiger partial charge in [0.1, 0.15) is 5.82 Å². The maximum Gasteiger partial charge on any atom is 0.345 e. The molecule has 0 spiro atoms. The summed E-state index contributed by atoms with van der Waals surface area (Å²) in [7, 11) is 1.66. The molecule has 27 heavy (non-hydrogen) atoms. The summed E-state index contributed by atoms with van der Waals surface area (Å²) < 4.78 is 3.07. The third-order valence-electron chi connectivity index (χ3n) is 5.00. The normalized spacial score (nSPS) is 15.0. The third-order valence-corrected chi connectivity index (χ3v) is 5.00. The summed E-state index contributed by atoms with van der Waals surface area (Å²) in [6.45, 7) is 3.70. The van der Waals surface area contributed by atoms with Crippen LogP contribution < -0.4 is 11.0 Å². The summed E-state index contributed by atoms with van der Waals surface area (Å²) in [5.41, 5.74) is 0.436. The zero-order chi connectivity index (χ0) is 19.4. The van der Waals surface area contributed by atoms with E-state index < -0.39 is 0 Å². The first kappa shape index (κ1) is 18.9. The molecule has 8 heteroatoms. The summed E-state index contributed by atoms with van der Waals surface area (Å²) in [6.07, 6.45) is 1.52. The van der Waals surface area contributed by atoms with Crippen LogP contribution in [0.25, 0.3) is 0 Å². The molecule has 1 aliphatic heterocycles. The second kappa shape index (κ2) is 8.20. The van der Waals surface area contributed by atoms with Gasteiger partial charge in [-0.25, -0.2) is 9.48 Å². The molecule has 2 aromatic rings. The fourth-order valence-corrected chi connectivity index (χ4v) is 3.47. The molecule has 1 fully saturated rings. The minimum Gasteiger partial charge on any atom is -0.343 e. The lowest BCUT2D eigenvalue weighted by atomic mass is 9.96. The van der Waals surface area contributed by atoms with Crippen molar-refractivity contribution in [1.29, 1.82) is 0 Å². The van der Waals surface area contributed by atoms with Gasteiger partial charge >= 0.3 is 5.69 Å². The van der Waals surface area contributed by atoms with Crippen LogP contribution in [0.3, 0.4) is 0 Å². The summed E-state index contributed by atoms with van der Waals surface area (Å²) in [5.74, 6) is 0.627. The van der Waals surface area contributed by atoms with E-state index in [1.165, 1.54) is 4.68 Å². The van der Waals surface area contributed by atoms with Gasteiger partial charge in [-0.15, -0.1) is 0 Å². The third kappa shape index (κ3) is 4.10. The van der Waals surface area contributed by atoms with Crippen LogP contribution in [0, 0.1) is 0 Å². The van der Waals surface area contributed by atoms with Crippen LogP contribution >= 0.6 is 0 Å². The SMILES string of the molecule is CCn1c(C2CCN(C(=O)CNC(=O)c3ccccc3)CC2)nn(C)c1=O. The van der Waals surface area contributed by atoms with E-state index in [0.717, 1.165) is 18.7 Å². The van der Waals surface area contributed by atoms with Gasteiger partial charge in [-0.2, -0.15) is 5.10 Å². The summed E-state index contributed by atoms with van der Waals surface area (Å²) in [6, 6.07) is 8.84. The Labute approximate surface area is 157 Å². The fraction of sp³-hybridized carbons (Fsp3) is 0.474. The van der Waals surface area contributed by atoms with E-state index in [9.17, 15) is 14.4 Å². The van der Waals surface area contributed by atoms with Crippen molar-refractivity contribution in [3.05, 3.63) is 52.2 Å². The highest BCUT2D eigenvalue weighted by Crippen LogP contribution is 2.26. The van der Waals surface area contributed by atoms with Crippen molar-refractivity contribution in [2.45, 2.75) is 32.2 Å². The predicted octanol–water partition coefficient (Wildman–Crippen LogP) is 0.738. The quantitative estimate of drug-likeness (QED) is 0.839. The molecule has 1 N–H and O–H groups in total. The van der Waals surface area contributed by atoms with E-state index in [1.807, 2.05) is 13.0 Å². The van der Waals surface area contributed by atoms with Gasteiger partial charge in [0, 0.05) is 38.2 Å². The van der Waals surface area contributed by atoms with E-state index in [0.29, 0.717) is 25.2 Å². The Balaban J connectivity index is 1.53. The van der Waals surface area contributed by atoms with E-state index >= 15 is 0 Å². The Morgan fingerprint density at radius 3 is 2.48 bits per heavy atom. The van der Waals surface area contributed by atoms with Crippen molar-refractivity contribution >= 4 is 11.8 Å². The molecule has 0 unspecified atom stereocenters. The number of carbonyl (C=O) groups is 2. The van der Waals surface area contributed by atoms with Crippen LogP contribution in [-0.2, 0) is 18.4 Å². The summed E-state index contributed by atoms with van der Waals surface area (Å²) in [5, 5.41) is 7.05. The topological polar surface area (TPSA) is 89.2 Å². The van der Waals surface area contributed by atoms with Gasteiger partial charge < -0.3 is 10.2 Å². The molecule has 1 aromatic heterocycles. The van der Waals surface area contributed by atoms with Gasteiger partial charge in [-0.3, -0.25) is 14.2 Å². The first-order valence-electron chi connectivity index (χ1n) is 9.26. The molecule has 3 rings (SSSR count). The van der Waals surface area contributed by atoms with Crippen molar-refractivity contribution in [3.63, 3.8) is 0 Å². The van der Waals surface area contributed by atoms with E-state index in [4.69, 9.17) is 0 Å². The van der Waals surface area contributed by atoms with Crippen LogP contribution in [0.2, 0.25) is 0 Å². The molecule has 0 aliphatic carbocycles. The minimum atomic E-state index is -0.251. The molecule has 1 aromatic carbocycles. The van der Waals surface area contributed by atoms with Gasteiger partial charge in [0.05, 0.1) is 6.54 Å². The first-order valence-corrected chi connectivity index (χ1v) is 9.26. The zero-order valence-electron chi connectivity index (χ0n) is 15.7. The molecule has 0 saturated carbocycles. The Morgan fingerprint density at radius 1 is 1.19 bits per heavy atom. The number of benzene rings is 1. The van der Waals surface area contributed by atoms with Crippen molar-refractivity contribution in [2.24, 2.45) is 7.05 Å². The van der Waals surface area contributed by atoms with Crippen molar-refractivity contribution in [1.82, 2.24) is 24.6 Å². The molecule has 1 aliphatic rings. The lowest BCUT2D eigenvalue weighted by Gasteiger charge is -2.31. The molecule has 2 amide bonds.